The summed E-state index contributed by atoms with van der Waals surface area (Å²) < 4.78 is 2.60. The Morgan fingerprint density at radius 1 is 1.15 bits per heavy atom. The van der Waals surface area contributed by atoms with Crippen LogP contribution in [0.4, 0.5) is 0 Å². The molecule has 3 rings (SSSR count). The smallest absolute Gasteiger partial charge is 0.306 e. The molecule has 3 aromatic rings. The maximum Gasteiger partial charge on any atom is 0.306 e. The Kier molecular flexibility index (Phi) is 3.45. The minimum atomic E-state index is -0.716. The first-order chi connectivity index (χ1) is 9.65. The molecule has 0 bridgehead atoms. The van der Waals surface area contributed by atoms with Crippen LogP contribution in [0.3, 0.4) is 0 Å². The molecule has 3 heteroatoms. The Bertz CT molecular complexity index is 773. The average molecular weight is 284 g/mol. The summed E-state index contributed by atoms with van der Waals surface area (Å²) in [6.45, 7) is 1.76. The predicted molar refractivity (Wildman–Crippen MR) is 84.5 cm³/mol. The van der Waals surface area contributed by atoms with E-state index < -0.39 is 5.97 Å². The van der Waals surface area contributed by atoms with E-state index in [1.54, 1.807) is 18.3 Å². The van der Waals surface area contributed by atoms with Gasteiger partial charge in [0.15, 0.2) is 0 Å². The van der Waals surface area contributed by atoms with Crippen molar-refractivity contribution in [2.75, 3.05) is 0 Å². The summed E-state index contributed by atoms with van der Waals surface area (Å²) in [6, 6.07) is 14.9. The van der Waals surface area contributed by atoms with Crippen molar-refractivity contribution in [3.63, 3.8) is 0 Å². The minimum Gasteiger partial charge on any atom is -0.481 e. The van der Waals surface area contributed by atoms with Gasteiger partial charge in [0.1, 0.15) is 0 Å². The van der Waals surface area contributed by atoms with Crippen LogP contribution in [0, 0.1) is 5.92 Å². The van der Waals surface area contributed by atoms with Crippen LogP contribution >= 0.6 is 11.3 Å². The van der Waals surface area contributed by atoms with E-state index in [1.807, 2.05) is 0 Å². The number of thiophene rings is 1. The fourth-order valence-corrected chi connectivity index (χ4v) is 3.52. The van der Waals surface area contributed by atoms with Crippen molar-refractivity contribution in [3.05, 3.63) is 48.0 Å². The summed E-state index contributed by atoms with van der Waals surface area (Å²) in [6.07, 6.45) is 1.50. The molecule has 1 N–H and O–H groups in total. The monoisotopic (exact) mass is 284 g/mol. The zero-order valence-corrected chi connectivity index (χ0v) is 12.1. The number of carboxylic acids is 1. The number of hydrogen-bond acceptors (Lipinski definition) is 2. The third kappa shape index (κ3) is 2.41. The quantitative estimate of drug-likeness (QED) is 0.753. The third-order valence-electron chi connectivity index (χ3n) is 3.73. The molecule has 2 nitrogen and oxygen atoms in total. The SMILES string of the molecule is CC(CCc1ccc2sc3ccccc3c2c1)C(=O)O. The van der Waals surface area contributed by atoms with Crippen molar-refractivity contribution in [3.8, 4) is 0 Å². The molecular formula is C17H16O2S. The molecule has 1 unspecified atom stereocenters. The van der Waals surface area contributed by atoms with E-state index in [9.17, 15) is 4.79 Å². The van der Waals surface area contributed by atoms with E-state index in [4.69, 9.17) is 5.11 Å². The van der Waals surface area contributed by atoms with Gasteiger partial charge in [0, 0.05) is 20.2 Å². The highest BCUT2D eigenvalue weighted by molar-refractivity contribution is 7.25. The molecule has 0 radical (unpaired) electrons. The molecule has 0 saturated carbocycles. The highest BCUT2D eigenvalue weighted by Crippen LogP contribution is 2.34. The fourth-order valence-electron chi connectivity index (χ4n) is 2.44. The van der Waals surface area contributed by atoms with Gasteiger partial charge in [-0.25, -0.2) is 0 Å². The summed E-state index contributed by atoms with van der Waals surface area (Å²) in [4.78, 5) is 10.9. The molecule has 1 atom stereocenters. The number of aliphatic carboxylic acids is 1. The maximum atomic E-state index is 10.9. The standard InChI is InChI=1S/C17H16O2S/c1-11(17(18)19)6-7-12-8-9-16-14(10-12)13-4-2-3-5-15(13)20-16/h2-5,8-11H,6-7H2,1H3,(H,18,19). The Balaban J connectivity index is 1.93. The Morgan fingerprint density at radius 3 is 2.70 bits per heavy atom. The topological polar surface area (TPSA) is 37.3 Å². The van der Waals surface area contributed by atoms with Crippen LogP contribution in [0.5, 0.6) is 0 Å². The molecule has 0 fully saturated rings. The van der Waals surface area contributed by atoms with Crippen LogP contribution in [-0.4, -0.2) is 11.1 Å². The minimum absolute atomic E-state index is 0.287. The van der Waals surface area contributed by atoms with Crippen molar-refractivity contribution < 1.29 is 9.90 Å². The van der Waals surface area contributed by atoms with Crippen molar-refractivity contribution >= 4 is 37.5 Å². The van der Waals surface area contributed by atoms with Crippen LogP contribution in [0.2, 0.25) is 0 Å². The molecule has 0 aliphatic heterocycles. The molecule has 0 amide bonds. The molecular weight excluding hydrogens is 268 g/mol. The average Bonchev–Trinajstić information content (AvgIpc) is 2.82. The molecule has 1 aromatic heterocycles. The summed E-state index contributed by atoms with van der Waals surface area (Å²) in [5.74, 6) is -1.00. The van der Waals surface area contributed by atoms with E-state index >= 15 is 0 Å². The molecule has 0 saturated heterocycles. The lowest BCUT2D eigenvalue weighted by Crippen LogP contribution is -2.10. The van der Waals surface area contributed by atoms with Crippen LogP contribution in [0.25, 0.3) is 20.2 Å². The first kappa shape index (κ1) is 13.1. The Morgan fingerprint density at radius 2 is 1.90 bits per heavy atom. The maximum absolute atomic E-state index is 10.9. The van der Waals surface area contributed by atoms with Crippen LogP contribution in [-0.2, 0) is 11.2 Å². The Labute approximate surface area is 121 Å². The van der Waals surface area contributed by atoms with E-state index in [-0.39, 0.29) is 5.92 Å². The van der Waals surface area contributed by atoms with Gasteiger partial charge < -0.3 is 5.11 Å². The van der Waals surface area contributed by atoms with Gasteiger partial charge in [-0.15, -0.1) is 11.3 Å². The van der Waals surface area contributed by atoms with E-state index in [0.717, 1.165) is 6.42 Å². The van der Waals surface area contributed by atoms with Gasteiger partial charge >= 0.3 is 5.97 Å². The number of carboxylic acid groups (broad SMARTS) is 1. The van der Waals surface area contributed by atoms with E-state index in [1.165, 1.54) is 25.7 Å². The summed E-state index contributed by atoms with van der Waals surface area (Å²) >= 11 is 1.81. The van der Waals surface area contributed by atoms with Crippen LogP contribution in [0.15, 0.2) is 42.5 Å². The largest absolute Gasteiger partial charge is 0.481 e. The second-order valence-corrected chi connectivity index (χ2v) is 6.29. The lowest BCUT2D eigenvalue weighted by Gasteiger charge is -2.06. The molecule has 102 valence electrons. The second-order valence-electron chi connectivity index (χ2n) is 5.21. The number of fused-ring (bicyclic) bond motifs is 3. The fraction of sp³-hybridized carbons (Fsp3) is 0.235. The first-order valence-corrected chi connectivity index (χ1v) is 7.60. The van der Waals surface area contributed by atoms with Crippen molar-refractivity contribution in [2.45, 2.75) is 19.8 Å². The lowest BCUT2D eigenvalue weighted by atomic mass is 10.00. The second kappa shape index (κ2) is 5.25. The molecule has 0 aliphatic rings. The van der Waals surface area contributed by atoms with Gasteiger partial charge in [-0.3, -0.25) is 4.79 Å². The summed E-state index contributed by atoms with van der Waals surface area (Å²) in [5, 5.41) is 11.5. The predicted octanol–water partition coefficient (Wildman–Crippen LogP) is 4.71. The molecule has 20 heavy (non-hydrogen) atoms. The zero-order valence-electron chi connectivity index (χ0n) is 11.3. The van der Waals surface area contributed by atoms with Crippen molar-refractivity contribution in [1.29, 1.82) is 0 Å². The van der Waals surface area contributed by atoms with Gasteiger partial charge in [-0.05, 0) is 36.6 Å². The van der Waals surface area contributed by atoms with Gasteiger partial charge in [0.25, 0.3) is 0 Å². The van der Waals surface area contributed by atoms with Gasteiger partial charge in [0.2, 0.25) is 0 Å². The number of rotatable bonds is 4. The summed E-state index contributed by atoms with van der Waals surface area (Å²) in [5.41, 5.74) is 1.22. The van der Waals surface area contributed by atoms with Crippen LogP contribution < -0.4 is 0 Å². The molecule has 1 heterocycles. The number of hydrogen-bond donors (Lipinski definition) is 1. The normalized spacial score (nSPS) is 12.8. The molecule has 0 aliphatic carbocycles. The van der Waals surface area contributed by atoms with E-state index in [2.05, 4.69) is 42.5 Å². The highest BCUT2D eigenvalue weighted by atomic mass is 32.1. The van der Waals surface area contributed by atoms with Gasteiger partial charge in [0.05, 0.1) is 5.92 Å². The lowest BCUT2D eigenvalue weighted by molar-refractivity contribution is -0.141. The number of benzene rings is 2. The number of carbonyl (C=O) groups is 1. The summed E-state index contributed by atoms with van der Waals surface area (Å²) in [7, 11) is 0. The highest BCUT2D eigenvalue weighted by Gasteiger charge is 2.11. The van der Waals surface area contributed by atoms with Gasteiger partial charge in [-0.2, -0.15) is 0 Å². The van der Waals surface area contributed by atoms with Crippen molar-refractivity contribution in [2.24, 2.45) is 5.92 Å². The van der Waals surface area contributed by atoms with E-state index in [0.29, 0.717) is 6.42 Å². The Hall–Kier alpha value is -1.87. The first-order valence-electron chi connectivity index (χ1n) is 6.78. The van der Waals surface area contributed by atoms with Crippen molar-refractivity contribution in [1.82, 2.24) is 0 Å². The molecule has 0 spiro atoms. The third-order valence-corrected chi connectivity index (χ3v) is 4.88. The molecule has 2 aromatic carbocycles. The number of aryl methyl sites for hydroxylation is 1. The van der Waals surface area contributed by atoms with Gasteiger partial charge in [-0.1, -0.05) is 31.2 Å². The zero-order chi connectivity index (χ0) is 14.1. The van der Waals surface area contributed by atoms with Crippen LogP contribution in [0.1, 0.15) is 18.9 Å².